The molecule has 2 saturated heterocycles. The second-order valence-electron chi connectivity index (χ2n) is 9.28. The van der Waals surface area contributed by atoms with Crippen molar-refractivity contribution in [3.63, 3.8) is 0 Å². The van der Waals surface area contributed by atoms with Crippen LogP contribution in [0.5, 0.6) is 5.75 Å². The fourth-order valence-electron chi connectivity index (χ4n) is 5.12. The van der Waals surface area contributed by atoms with Gasteiger partial charge in [-0.1, -0.05) is 19.1 Å². The van der Waals surface area contributed by atoms with Gasteiger partial charge >= 0.3 is 0 Å². The summed E-state index contributed by atoms with van der Waals surface area (Å²) in [4.78, 5) is 25.7. The molecule has 172 valence electrons. The van der Waals surface area contributed by atoms with Gasteiger partial charge in [-0.15, -0.1) is 0 Å². The van der Waals surface area contributed by atoms with Gasteiger partial charge in [0, 0.05) is 50.5 Å². The van der Waals surface area contributed by atoms with Crippen LogP contribution >= 0.6 is 0 Å². The molecule has 0 bridgehead atoms. The van der Waals surface area contributed by atoms with E-state index in [1.807, 2.05) is 49.2 Å². The number of amides is 1. The molecule has 1 atom stereocenters. The summed E-state index contributed by atoms with van der Waals surface area (Å²) in [6.07, 6.45) is 3.28. The number of aryl methyl sites for hydroxylation is 1. The van der Waals surface area contributed by atoms with Gasteiger partial charge in [0.05, 0.1) is 12.5 Å². The number of piperidine rings is 1. The van der Waals surface area contributed by atoms with E-state index in [2.05, 4.69) is 12.2 Å². The molecule has 0 spiro atoms. The molecule has 32 heavy (non-hydrogen) atoms. The van der Waals surface area contributed by atoms with Gasteiger partial charge in [-0.25, -0.2) is 9.97 Å². The maximum atomic E-state index is 14.1. The van der Waals surface area contributed by atoms with E-state index in [4.69, 9.17) is 19.4 Å². The molecule has 2 aromatic rings. The molecule has 2 fully saturated rings. The lowest BCUT2D eigenvalue weighted by Crippen LogP contribution is -2.55. The van der Waals surface area contributed by atoms with E-state index in [0.717, 1.165) is 48.0 Å². The Kier molecular flexibility index (Phi) is 6.38. The lowest BCUT2D eigenvalue weighted by Gasteiger charge is -2.45. The molecular weight excluding hydrogens is 404 g/mol. The zero-order chi connectivity index (χ0) is 22.8. The Balaban J connectivity index is 1.65. The summed E-state index contributed by atoms with van der Waals surface area (Å²) in [6.45, 7) is 6.74. The van der Waals surface area contributed by atoms with Crippen molar-refractivity contribution >= 4 is 11.7 Å². The Labute approximate surface area is 190 Å². The average molecular weight is 439 g/mol. The predicted molar refractivity (Wildman–Crippen MR) is 124 cm³/mol. The molecule has 7 heteroatoms. The molecule has 1 aromatic heterocycles. The number of hydrogen-bond donors (Lipinski definition) is 1. The number of aromatic nitrogens is 2. The lowest BCUT2D eigenvalue weighted by atomic mass is 9.71. The number of benzene rings is 1. The quantitative estimate of drug-likeness (QED) is 0.770. The summed E-state index contributed by atoms with van der Waals surface area (Å²) >= 11 is 0. The molecule has 7 nitrogen and oxygen atoms in total. The minimum Gasteiger partial charge on any atom is -0.497 e. The third kappa shape index (κ3) is 4.18. The van der Waals surface area contributed by atoms with Gasteiger partial charge in [0.1, 0.15) is 17.4 Å². The Hall–Kier alpha value is -2.67. The van der Waals surface area contributed by atoms with Crippen LogP contribution in [0.15, 0.2) is 30.3 Å². The van der Waals surface area contributed by atoms with Crippen molar-refractivity contribution in [2.24, 2.45) is 0 Å². The van der Waals surface area contributed by atoms with E-state index >= 15 is 0 Å². The highest BCUT2D eigenvalue weighted by Crippen LogP contribution is 2.40. The first-order valence-corrected chi connectivity index (χ1v) is 11.5. The van der Waals surface area contributed by atoms with Crippen molar-refractivity contribution in [2.45, 2.75) is 50.4 Å². The predicted octanol–water partition coefficient (Wildman–Crippen LogP) is 3.46. The molecular formula is C25H34N4O3. The van der Waals surface area contributed by atoms with Crippen molar-refractivity contribution in [3.05, 3.63) is 47.4 Å². The monoisotopic (exact) mass is 438 g/mol. The van der Waals surface area contributed by atoms with E-state index in [0.29, 0.717) is 32.6 Å². The number of carbonyl (C=O) groups excluding carboxylic acids is 1. The van der Waals surface area contributed by atoms with Crippen LogP contribution in [0.4, 0.5) is 5.82 Å². The van der Waals surface area contributed by atoms with Gasteiger partial charge < -0.3 is 19.7 Å². The number of nitrogens with zero attached hydrogens (tertiary/aromatic N) is 3. The second-order valence-corrected chi connectivity index (χ2v) is 9.28. The summed E-state index contributed by atoms with van der Waals surface area (Å²) in [6, 6.07) is 9.90. The molecule has 4 rings (SSSR count). The van der Waals surface area contributed by atoms with Crippen LogP contribution in [0.2, 0.25) is 0 Å². The summed E-state index contributed by atoms with van der Waals surface area (Å²) < 4.78 is 11.0. The lowest BCUT2D eigenvalue weighted by molar-refractivity contribution is -0.143. The molecule has 1 N–H and O–H groups in total. The number of anilines is 1. The first-order valence-electron chi connectivity index (χ1n) is 11.5. The Morgan fingerprint density at radius 2 is 1.88 bits per heavy atom. The van der Waals surface area contributed by atoms with Crippen LogP contribution in [0.1, 0.15) is 49.7 Å². The number of hydrogen-bond acceptors (Lipinski definition) is 6. The number of nitrogens with one attached hydrogen (secondary N) is 1. The Morgan fingerprint density at radius 3 is 2.53 bits per heavy atom. The normalized spacial score (nSPS) is 22.9. The zero-order valence-corrected chi connectivity index (χ0v) is 19.6. The molecule has 0 saturated carbocycles. The number of carbonyl (C=O) groups is 1. The molecule has 1 amide bonds. The summed E-state index contributed by atoms with van der Waals surface area (Å²) in [5, 5.41) is 3.13. The van der Waals surface area contributed by atoms with Gasteiger partial charge in [-0.2, -0.15) is 0 Å². The summed E-state index contributed by atoms with van der Waals surface area (Å²) in [5.74, 6) is 2.62. The van der Waals surface area contributed by atoms with Crippen molar-refractivity contribution in [1.82, 2.24) is 14.9 Å². The molecule has 1 unspecified atom stereocenters. The number of methoxy groups -OCH3 is 1. The van der Waals surface area contributed by atoms with Crippen LogP contribution in [0.25, 0.3) is 0 Å². The highest BCUT2D eigenvalue weighted by atomic mass is 16.5. The van der Waals surface area contributed by atoms with Crippen LogP contribution in [-0.2, 0) is 20.4 Å². The third-order valence-electron chi connectivity index (χ3n) is 7.03. The summed E-state index contributed by atoms with van der Waals surface area (Å²) in [7, 11) is 3.53. The van der Waals surface area contributed by atoms with Crippen LogP contribution in [0.3, 0.4) is 0 Å². The first-order chi connectivity index (χ1) is 15.4. The van der Waals surface area contributed by atoms with E-state index < -0.39 is 5.41 Å². The van der Waals surface area contributed by atoms with Crippen LogP contribution in [-0.4, -0.2) is 61.2 Å². The fourth-order valence-corrected chi connectivity index (χ4v) is 5.12. The van der Waals surface area contributed by atoms with E-state index in [-0.39, 0.29) is 11.3 Å². The van der Waals surface area contributed by atoms with Crippen LogP contribution in [0, 0.1) is 6.92 Å². The molecule has 1 aromatic carbocycles. The number of rotatable bonds is 5. The van der Waals surface area contributed by atoms with Crippen molar-refractivity contribution in [1.29, 1.82) is 0 Å². The maximum Gasteiger partial charge on any atom is 0.233 e. The third-order valence-corrected chi connectivity index (χ3v) is 7.03. The van der Waals surface area contributed by atoms with Crippen molar-refractivity contribution < 1.29 is 14.3 Å². The van der Waals surface area contributed by atoms with E-state index in [9.17, 15) is 4.79 Å². The first kappa shape index (κ1) is 22.5. The van der Waals surface area contributed by atoms with Gasteiger partial charge in [-0.05, 0) is 50.3 Å². The minimum atomic E-state index is -0.563. The number of ether oxygens (including phenoxy) is 2. The molecule has 2 aliphatic rings. The van der Waals surface area contributed by atoms with E-state index in [1.54, 1.807) is 7.11 Å². The van der Waals surface area contributed by atoms with Gasteiger partial charge in [0.2, 0.25) is 5.91 Å². The second kappa shape index (κ2) is 9.06. The Morgan fingerprint density at radius 1 is 1.16 bits per heavy atom. The van der Waals surface area contributed by atoms with Gasteiger partial charge in [-0.3, -0.25) is 4.79 Å². The van der Waals surface area contributed by atoms with Gasteiger partial charge in [0.25, 0.3) is 0 Å². The standard InChI is InChI=1S/C25H34N4O3/c1-18-16-21(26-3)28-22(27-18)24(2)10-5-13-29(17-24)23(30)25(11-14-32-15-12-25)19-6-8-20(31-4)9-7-19/h6-9,16H,5,10-15,17H2,1-4H3,(H,26,27,28). The largest absolute Gasteiger partial charge is 0.497 e. The number of likely N-dealkylation sites (tertiary alicyclic amines) is 1. The fraction of sp³-hybridized carbons (Fsp3) is 0.560. The molecule has 2 aliphatic heterocycles. The molecule has 0 radical (unpaired) electrons. The molecule has 0 aliphatic carbocycles. The van der Waals surface area contributed by atoms with Gasteiger partial charge in [0.15, 0.2) is 0 Å². The topological polar surface area (TPSA) is 76.6 Å². The Bertz CT molecular complexity index is 956. The van der Waals surface area contributed by atoms with Crippen molar-refractivity contribution in [2.75, 3.05) is 45.8 Å². The highest BCUT2D eigenvalue weighted by molar-refractivity contribution is 5.88. The van der Waals surface area contributed by atoms with Crippen LogP contribution < -0.4 is 10.1 Å². The van der Waals surface area contributed by atoms with Crippen molar-refractivity contribution in [3.8, 4) is 5.75 Å². The van der Waals surface area contributed by atoms with E-state index in [1.165, 1.54) is 0 Å². The average Bonchev–Trinajstić information content (AvgIpc) is 2.83. The zero-order valence-electron chi connectivity index (χ0n) is 19.6. The summed E-state index contributed by atoms with van der Waals surface area (Å²) in [5.41, 5.74) is 1.13. The SMILES string of the molecule is CNc1cc(C)nc(C2(C)CCCN(C(=O)C3(c4ccc(OC)cc4)CCOCC3)C2)n1. The maximum absolute atomic E-state index is 14.1. The minimum absolute atomic E-state index is 0.193. The highest BCUT2D eigenvalue weighted by Gasteiger charge is 2.47. The smallest absolute Gasteiger partial charge is 0.233 e. The molecule has 3 heterocycles.